The van der Waals surface area contributed by atoms with E-state index in [0.717, 1.165) is 22.2 Å². The SMILES string of the molecule is Cc1cc2ncccc2cc1Nc1ncc2c(n1)n([C@@H]1CNC[C@H]1F)c(=O)n2C. The van der Waals surface area contributed by atoms with Gasteiger partial charge in [-0.2, -0.15) is 4.98 Å². The maximum atomic E-state index is 14.3. The van der Waals surface area contributed by atoms with Crippen LogP contribution in [0, 0.1) is 6.92 Å². The summed E-state index contributed by atoms with van der Waals surface area (Å²) in [7, 11) is 1.65. The lowest BCUT2D eigenvalue weighted by molar-refractivity contribution is 0.282. The number of aromatic nitrogens is 5. The van der Waals surface area contributed by atoms with Crippen molar-refractivity contribution >= 4 is 33.7 Å². The van der Waals surface area contributed by atoms with Crippen molar-refractivity contribution in [2.45, 2.75) is 19.1 Å². The van der Waals surface area contributed by atoms with Crippen LogP contribution < -0.4 is 16.3 Å². The van der Waals surface area contributed by atoms with Crippen molar-refractivity contribution in [3.8, 4) is 0 Å². The van der Waals surface area contributed by atoms with E-state index in [9.17, 15) is 9.18 Å². The molecule has 1 aliphatic rings. The van der Waals surface area contributed by atoms with E-state index in [1.807, 2.05) is 31.2 Å². The number of rotatable bonds is 3. The Labute approximate surface area is 165 Å². The molecule has 1 aromatic carbocycles. The molecular weight excluding hydrogens is 373 g/mol. The maximum absolute atomic E-state index is 14.3. The summed E-state index contributed by atoms with van der Waals surface area (Å²) in [6.45, 7) is 2.60. The van der Waals surface area contributed by atoms with Gasteiger partial charge in [-0.15, -0.1) is 0 Å². The Hall–Kier alpha value is -3.33. The highest BCUT2D eigenvalue weighted by Gasteiger charge is 2.32. The first kappa shape index (κ1) is 17.7. The van der Waals surface area contributed by atoms with E-state index in [-0.39, 0.29) is 12.2 Å². The van der Waals surface area contributed by atoms with E-state index in [1.54, 1.807) is 19.4 Å². The largest absolute Gasteiger partial charge is 0.330 e. The topological polar surface area (TPSA) is 89.7 Å². The minimum Gasteiger partial charge on any atom is -0.324 e. The fourth-order valence-electron chi connectivity index (χ4n) is 3.86. The number of benzene rings is 1. The number of hydrogen-bond acceptors (Lipinski definition) is 6. The standard InChI is InChI=1S/C20H20FN7O/c1-11-6-15-12(4-3-5-23-15)7-14(11)25-19-24-10-17-18(26-19)28(20(29)27(17)2)16-9-22-8-13(16)21/h3-7,10,13,16,22H,8-9H2,1-2H3,(H,24,25,26)/t13-,16-/m1/s1. The smallest absolute Gasteiger partial charge is 0.324 e. The van der Waals surface area contributed by atoms with Crippen LogP contribution in [0.5, 0.6) is 0 Å². The molecule has 0 aliphatic carbocycles. The van der Waals surface area contributed by atoms with Gasteiger partial charge in [-0.05, 0) is 30.7 Å². The Morgan fingerprint density at radius 1 is 1.28 bits per heavy atom. The van der Waals surface area contributed by atoms with Crippen molar-refractivity contribution in [3.05, 3.63) is 52.7 Å². The van der Waals surface area contributed by atoms with Gasteiger partial charge in [0.05, 0.1) is 17.8 Å². The number of alkyl halides is 1. The van der Waals surface area contributed by atoms with Gasteiger partial charge in [-0.3, -0.25) is 14.1 Å². The average molecular weight is 393 g/mol. The van der Waals surface area contributed by atoms with Crippen molar-refractivity contribution in [3.63, 3.8) is 0 Å². The molecule has 2 atom stereocenters. The molecule has 29 heavy (non-hydrogen) atoms. The molecule has 8 nitrogen and oxygen atoms in total. The molecule has 1 aliphatic heterocycles. The van der Waals surface area contributed by atoms with Crippen LogP contribution in [0.2, 0.25) is 0 Å². The predicted octanol–water partition coefficient (Wildman–Crippen LogP) is 2.21. The number of nitrogens with one attached hydrogen (secondary N) is 2. The van der Waals surface area contributed by atoms with Gasteiger partial charge in [-0.1, -0.05) is 6.07 Å². The lowest BCUT2D eigenvalue weighted by Gasteiger charge is -2.14. The van der Waals surface area contributed by atoms with E-state index in [1.165, 1.54) is 9.13 Å². The Morgan fingerprint density at radius 2 is 2.14 bits per heavy atom. The zero-order valence-corrected chi connectivity index (χ0v) is 16.1. The Balaban J connectivity index is 1.60. The van der Waals surface area contributed by atoms with Crippen LogP contribution in [0.15, 0.2) is 41.5 Å². The second-order valence-corrected chi connectivity index (χ2v) is 7.34. The molecule has 0 bridgehead atoms. The van der Waals surface area contributed by atoms with Gasteiger partial charge in [0.25, 0.3) is 0 Å². The summed E-state index contributed by atoms with van der Waals surface area (Å²) in [5.41, 5.74) is 3.45. The van der Waals surface area contributed by atoms with Crippen LogP contribution in [-0.2, 0) is 7.05 Å². The summed E-state index contributed by atoms with van der Waals surface area (Å²) in [5.74, 6) is 0.351. The third-order valence-corrected chi connectivity index (χ3v) is 5.47. The van der Waals surface area contributed by atoms with Crippen molar-refractivity contribution < 1.29 is 4.39 Å². The fourth-order valence-corrected chi connectivity index (χ4v) is 3.86. The molecule has 9 heteroatoms. The molecule has 0 spiro atoms. The number of pyridine rings is 1. The molecule has 4 aromatic rings. The summed E-state index contributed by atoms with van der Waals surface area (Å²) < 4.78 is 17.2. The van der Waals surface area contributed by atoms with Gasteiger partial charge in [0.1, 0.15) is 11.7 Å². The van der Waals surface area contributed by atoms with E-state index >= 15 is 0 Å². The Morgan fingerprint density at radius 3 is 2.93 bits per heavy atom. The highest BCUT2D eigenvalue weighted by atomic mass is 19.1. The molecule has 1 fully saturated rings. The van der Waals surface area contributed by atoms with Gasteiger partial charge in [0.2, 0.25) is 5.95 Å². The summed E-state index contributed by atoms with van der Waals surface area (Å²) in [6, 6.07) is 7.27. The summed E-state index contributed by atoms with van der Waals surface area (Å²) in [5, 5.41) is 7.22. The lowest BCUT2D eigenvalue weighted by atomic mass is 10.1. The van der Waals surface area contributed by atoms with E-state index in [2.05, 4.69) is 25.6 Å². The number of halogens is 1. The molecule has 0 radical (unpaired) electrons. The second kappa shape index (κ2) is 6.63. The molecule has 0 unspecified atom stereocenters. The van der Waals surface area contributed by atoms with E-state index < -0.39 is 12.2 Å². The van der Waals surface area contributed by atoms with Gasteiger partial charge in [0.15, 0.2) is 5.65 Å². The zero-order chi connectivity index (χ0) is 20.1. The quantitative estimate of drug-likeness (QED) is 0.555. The number of fused-ring (bicyclic) bond motifs is 2. The summed E-state index contributed by atoms with van der Waals surface area (Å²) in [6.07, 6.45) is 2.21. The lowest BCUT2D eigenvalue weighted by Crippen LogP contribution is -2.30. The minimum atomic E-state index is -1.14. The van der Waals surface area contributed by atoms with Gasteiger partial charge < -0.3 is 10.6 Å². The minimum absolute atomic E-state index is 0.230. The molecule has 4 heterocycles. The maximum Gasteiger partial charge on any atom is 0.330 e. The molecule has 1 saturated heterocycles. The number of imidazole rings is 1. The molecule has 0 amide bonds. The number of hydrogen-bond donors (Lipinski definition) is 2. The first-order valence-electron chi connectivity index (χ1n) is 9.44. The van der Waals surface area contributed by atoms with Crippen LogP contribution in [0.25, 0.3) is 22.1 Å². The Bertz CT molecular complexity index is 1300. The highest BCUT2D eigenvalue weighted by Crippen LogP contribution is 2.26. The van der Waals surface area contributed by atoms with Gasteiger partial charge in [0, 0.05) is 37.4 Å². The number of aryl methyl sites for hydroxylation is 2. The number of nitrogens with zero attached hydrogens (tertiary/aromatic N) is 5. The van der Waals surface area contributed by atoms with Gasteiger partial charge >= 0.3 is 5.69 Å². The van der Waals surface area contributed by atoms with Crippen LogP contribution in [0.3, 0.4) is 0 Å². The van der Waals surface area contributed by atoms with E-state index in [4.69, 9.17) is 0 Å². The van der Waals surface area contributed by atoms with Crippen LogP contribution in [0.4, 0.5) is 16.0 Å². The van der Waals surface area contributed by atoms with Crippen molar-refractivity contribution in [1.29, 1.82) is 0 Å². The molecule has 2 N–H and O–H groups in total. The first-order valence-corrected chi connectivity index (χ1v) is 9.44. The van der Waals surface area contributed by atoms with Crippen molar-refractivity contribution in [1.82, 2.24) is 29.4 Å². The van der Waals surface area contributed by atoms with Crippen LogP contribution in [-0.4, -0.2) is 43.3 Å². The zero-order valence-electron chi connectivity index (χ0n) is 16.1. The average Bonchev–Trinajstić information content (AvgIpc) is 3.23. The summed E-state index contributed by atoms with van der Waals surface area (Å²) >= 11 is 0. The van der Waals surface area contributed by atoms with Crippen molar-refractivity contribution in [2.24, 2.45) is 7.05 Å². The molecule has 5 rings (SSSR count). The van der Waals surface area contributed by atoms with Crippen LogP contribution in [0.1, 0.15) is 11.6 Å². The van der Waals surface area contributed by atoms with Gasteiger partial charge in [-0.25, -0.2) is 14.2 Å². The molecule has 0 saturated carbocycles. The normalized spacial score (nSPS) is 19.3. The number of anilines is 2. The van der Waals surface area contributed by atoms with E-state index in [0.29, 0.717) is 23.7 Å². The highest BCUT2D eigenvalue weighted by molar-refractivity contribution is 5.85. The predicted molar refractivity (Wildman–Crippen MR) is 109 cm³/mol. The fraction of sp³-hybridized carbons (Fsp3) is 0.300. The first-order chi connectivity index (χ1) is 14.0. The molecule has 148 valence electrons. The third-order valence-electron chi connectivity index (χ3n) is 5.47. The van der Waals surface area contributed by atoms with Crippen molar-refractivity contribution in [2.75, 3.05) is 18.4 Å². The Kier molecular flexibility index (Phi) is 4.06. The molecular formula is C20H20FN7O. The van der Waals surface area contributed by atoms with Crippen LogP contribution >= 0.6 is 0 Å². The summed E-state index contributed by atoms with van der Waals surface area (Å²) in [4.78, 5) is 26.0. The third kappa shape index (κ3) is 2.85. The molecule has 3 aromatic heterocycles. The second-order valence-electron chi connectivity index (χ2n) is 7.34. The monoisotopic (exact) mass is 393 g/mol.